The molecule has 0 radical (unpaired) electrons. The van der Waals surface area contributed by atoms with Crippen molar-refractivity contribution in [3.05, 3.63) is 33.8 Å². The number of carbonyl (C=O) groups excluding carboxylic acids is 1. The molecule has 0 aliphatic rings. The molecule has 1 aromatic heterocycles. The van der Waals surface area contributed by atoms with Crippen LogP contribution in [0, 0.1) is 5.82 Å². The van der Waals surface area contributed by atoms with Gasteiger partial charge in [-0.1, -0.05) is 23.2 Å². The highest BCUT2D eigenvalue weighted by molar-refractivity contribution is 6.40. The Morgan fingerprint density at radius 2 is 2.00 bits per heavy atom. The summed E-state index contributed by atoms with van der Waals surface area (Å²) in [4.78, 5) is 15.3. The molecule has 0 saturated heterocycles. The van der Waals surface area contributed by atoms with Crippen molar-refractivity contribution in [3.8, 4) is 0 Å². The Labute approximate surface area is 110 Å². The van der Waals surface area contributed by atoms with Gasteiger partial charge in [-0.3, -0.25) is 9.89 Å². The average molecular weight is 290 g/mol. The second-order valence-corrected chi connectivity index (χ2v) is 4.06. The molecule has 0 aliphatic carbocycles. The number of nitrogens with two attached hydrogens (primary N) is 1. The smallest absolute Gasteiger partial charge is 0.293 e. The predicted molar refractivity (Wildman–Crippen MR) is 65.2 cm³/mol. The lowest BCUT2D eigenvalue weighted by Crippen LogP contribution is -2.14. The normalized spacial score (nSPS) is 10.4. The Bertz CT molecular complexity index is 592. The maximum absolute atomic E-state index is 12.9. The molecule has 2 aromatic rings. The number of carbonyl (C=O) groups is 1. The van der Waals surface area contributed by atoms with E-state index in [9.17, 15) is 9.18 Å². The van der Waals surface area contributed by atoms with Gasteiger partial charge in [-0.05, 0) is 12.1 Å². The number of aromatic nitrogens is 3. The first-order valence-electron chi connectivity index (χ1n) is 4.61. The van der Waals surface area contributed by atoms with Crippen molar-refractivity contribution < 1.29 is 9.18 Å². The zero-order chi connectivity index (χ0) is 13.3. The van der Waals surface area contributed by atoms with Crippen molar-refractivity contribution in [1.82, 2.24) is 15.2 Å². The van der Waals surface area contributed by atoms with E-state index in [1.165, 1.54) is 0 Å². The van der Waals surface area contributed by atoms with E-state index in [0.29, 0.717) is 0 Å². The van der Waals surface area contributed by atoms with Gasteiger partial charge in [0.25, 0.3) is 5.91 Å². The summed E-state index contributed by atoms with van der Waals surface area (Å²) in [7, 11) is 0. The molecule has 9 heteroatoms. The third-order valence-corrected chi connectivity index (χ3v) is 2.56. The molecule has 0 atom stereocenters. The maximum atomic E-state index is 12.9. The van der Waals surface area contributed by atoms with Crippen LogP contribution in [0.15, 0.2) is 12.1 Å². The van der Waals surface area contributed by atoms with Gasteiger partial charge in [0.2, 0.25) is 11.8 Å². The first-order chi connectivity index (χ1) is 8.47. The van der Waals surface area contributed by atoms with Gasteiger partial charge in [0.15, 0.2) is 0 Å². The molecular formula is C9H6Cl2FN5O. The number of amides is 1. The minimum absolute atomic E-state index is 0.0270. The van der Waals surface area contributed by atoms with Crippen molar-refractivity contribution in [2.45, 2.75) is 0 Å². The van der Waals surface area contributed by atoms with Gasteiger partial charge in [-0.25, -0.2) is 4.39 Å². The standard InChI is InChI=1S/C9H6Cl2FN5O/c10-4-1-3(12)2-5(11)6(4)14-8(18)7-15-9(13)17-16-7/h1-2H,(H,14,18)(H3,13,15,16,17). The van der Waals surface area contributed by atoms with Crippen molar-refractivity contribution in [1.29, 1.82) is 0 Å². The number of nitrogens with one attached hydrogen (secondary N) is 2. The Kier molecular flexibility index (Phi) is 3.35. The van der Waals surface area contributed by atoms with Gasteiger partial charge in [0.1, 0.15) is 5.82 Å². The molecule has 0 saturated carbocycles. The molecular weight excluding hydrogens is 284 g/mol. The minimum Gasteiger partial charge on any atom is -0.366 e. The highest BCUT2D eigenvalue weighted by Gasteiger charge is 2.15. The molecule has 0 spiro atoms. The summed E-state index contributed by atoms with van der Waals surface area (Å²) in [6.07, 6.45) is 0. The van der Waals surface area contributed by atoms with Crippen molar-refractivity contribution in [3.63, 3.8) is 0 Å². The summed E-state index contributed by atoms with van der Waals surface area (Å²) in [5.74, 6) is -1.43. The number of hydrogen-bond acceptors (Lipinski definition) is 4. The van der Waals surface area contributed by atoms with Crippen LogP contribution >= 0.6 is 23.2 Å². The van der Waals surface area contributed by atoms with Crippen LogP contribution in [-0.2, 0) is 0 Å². The van der Waals surface area contributed by atoms with Crippen LogP contribution in [0.3, 0.4) is 0 Å². The Morgan fingerprint density at radius 1 is 1.39 bits per heavy atom. The van der Waals surface area contributed by atoms with Gasteiger partial charge in [0, 0.05) is 0 Å². The lowest BCUT2D eigenvalue weighted by molar-refractivity contribution is 0.101. The fourth-order valence-corrected chi connectivity index (χ4v) is 1.77. The lowest BCUT2D eigenvalue weighted by Gasteiger charge is -2.07. The molecule has 0 fully saturated rings. The summed E-state index contributed by atoms with van der Waals surface area (Å²) < 4.78 is 12.9. The van der Waals surface area contributed by atoms with Crippen LogP contribution in [0.4, 0.5) is 16.0 Å². The van der Waals surface area contributed by atoms with Crippen molar-refractivity contribution in [2.75, 3.05) is 11.1 Å². The van der Waals surface area contributed by atoms with E-state index in [0.717, 1.165) is 12.1 Å². The van der Waals surface area contributed by atoms with Crippen LogP contribution in [0.2, 0.25) is 10.0 Å². The van der Waals surface area contributed by atoms with Gasteiger partial charge in [0.05, 0.1) is 15.7 Å². The Hall–Kier alpha value is -1.86. The molecule has 18 heavy (non-hydrogen) atoms. The number of anilines is 2. The zero-order valence-corrected chi connectivity index (χ0v) is 10.2. The fraction of sp³-hybridized carbons (Fsp3) is 0. The summed E-state index contributed by atoms with van der Waals surface area (Å²) in [5, 5.41) is 8.13. The van der Waals surface area contributed by atoms with E-state index in [1.54, 1.807) is 0 Å². The number of benzene rings is 1. The van der Waals surface area contributed by atoms with Crippen molar-refractivity contribution >= 4 is 40.7 Å². The molecule has 4 N–H and O–H groups in total. The number of hydrogen-bond donors (Lipinski definition) is 3. The van der Waals surface area contributed by atoms with E-state index >= 15 is 0 Å². The van der Waals surface area contributed by atoms with Gasteiger partial charge in [-0.2, -0.15) is 4.98 Å². The van der Waals surface area contributed by atoms with E-state index in [2.05, 4.69) is 20.5 Å². The van der Waals surface area contributed by atoms with E-state index in [4.69, 9.17) is 28.9 Å². The van der Waals surface area contributed by atoms with E-state index in [1.807, 2.05) is 0 Å². The van der Waals surface area contributed by atoms with Crippen LogP contribution in [0.25, 0.3) is 0 Å². The second-order valence-electron chi connectivity index (χ2n) is 3.24. The predicted octanol–water partition coefficient (Wildman–Crippen LogP) is 2.09. The third-order valence-electron chi connectivity index (χ3n) is 1.96. The molecule has 0 unspecified atom stereocenters. The highest BCUT2D eigenvalue weighted by atomic mass is 35.5. The number of halogens is 3. The highest BCUT2D eigenvalue weighted by Crippen LogP contribution is 2.31. The van der Waals surface area contributed by atoms with Crippen molar-refractivity contribution in [2.24, 2.45) is 0 Å². The van der Waals surface area contributed by atoms with E-state index in [-0.39, 0.29) is 27.5 Å². The summed E-state index contributed by atoms with van der Waals surface area (Å²) >= 11 is 11.5. The van der Waals surface area contributed by atoms with E-state index < -0.39 is 11.7 Å². The first kappa shape index (κ1) is 12.6. The fourth-order valence-electron chi connectivity index (χ4n) is 1.21. The van der Waals surface area contributed by atoms with Crippen LogP contribution in [-0.4, -0.2) is 21.1 Å². The average Bonchev–Trinajstić information content (AvgIpc) is 2.70. The maximum Gasteiger partial charge on any atom is 0.293 e. The van der Waals surface area contributed by atoms with Gasteiger partial charge in [-0.15, -0.1) is 5.10 Å². The SMILES string of the molecule is Nc1n[nH]c(C(=O)Nc2c(Cl)cc(F)cc2Cl)n1. The van der Waals surface area contributed by atoms with Crippen LogP contribution in [0.5, 0.6) is 0 Å². The zero-order valence-electron chi connectivity index (χ0n) is 8.67. The Morgan fingerprint density at radius 3 is 2.50 bits per heavy atom. The number of rotatable bonds is 2. The molecule has 1 amide bonds. The quantitative estimate of drug-likeness (QED) is 0.788. The largest absolute Gasteiger partial charge is 0.366 e. The summed E-state index contributed by atoms with van der Waals surface area (Å²) in [5.41, 5.74) is 5.34. The topological polar surface area (TPSA) is 96.7 Å². The third kappa shape index (κ3) is 2.52. The molecule has 0 aliphatic heterocycles. The molecule has 1 heterocycles. The number of H-pyrrole nitrogens is 1. The molecule has 0 bridgehead atoms. The molecule has 6 nitrogen and oxygen atoms in total. The van der Waals surface area contributed by atoms with Crippen LogP contribution in [0.1, 0.15) is 10.6 Å². The lowest BCUT2D eigenvalue weighted by atomic mass is 10.3. The Balaban J connectivity index is 2.27. The molecule has 1 aromatic carbocycles. The van der Waals surface area contributed by atoms with Crippen LogP contribution < -0.4 is 11.1 Å². The minimum atomic E-state index is -0.644. The first-order valence-corrected chi connectivity index (χ1v) is 5.36. The number of aromatic amines is 1. The summed E-state index contributed by atoms with van der Waals surface area (Å²) in [6.45, 7) is 0. The molecule has 2 rings (SSSR count). The second kappa shape index (κ2) is 4.79. The summed E-state index contributed by atoms with van der Waals surface area (Å²) in [6, 6.07) is 2.05. The number of nitrogen functional groups attached to an aromatic ring is 1. The number of nitrogens with zero attached hydrogens (tertiary/aromatic N) is 2. The monoisotopic (exact) mass is 289 g/mol. The van der Waals surface area contributed by atoms with Gasteiger partial charge < -0.3 is 11.1 Å². The van der Waals surface area contributed by atoms with Gasteiger partial charge >= 0.3 is 0 Å². The molecule has 94 valence electrons.